The Kier molecular flexibility index (Phi) is 7.12. The number of anilines is 1. The highest BCUT2D eigenvalue weighted by Crippen LogP contribution is 2.31. The second-order valence-electron chi connectivity index (χ2n) is 10.1. The molecule has 4 rings (SSSR count). The number of carboxylic acid groups (broad SMARTS) is 1. The molecule has 1 aromatic carbocycles. The number of hydrogen-bond donors (Lipinski definition) is 1. The van der Waals surface area contributed by atoms with E-state index >= 15 is 0 Å². The Bertz CT molecular complexity index is 1170. The summed E-state index contributed by atoms with van der Waals surface area (Å²) in [6, 6.07) is 11.0. The number of nitrogens with zero attached hydrogens (tertiary/aromatic N) is 3. The maximum Gasteiger partial charge on any atom is 0.411 e. The number of aromatic nitrogens is 1. The number of aryl methyl sites for hydroxylation is 1. The van der Waals surface area contributed by atoms with Crippen LogP contribution < -0.4 is 4.90 Å². The summed E-state index contributed by atoms with van der Waals surface area (Å²) in [5.41, 5.74) is 2.15. The van der Waals surface area contributed by atoms with Crippen LogP contribution in [-0.4, -0.2) is 65.8 Å². The van der Waals surface area contributed by atoms with Crippen LogP contribution in [-0.2, 0) is 11.3 Å². The predicted octanol–water partition coefficient (Wildman–Crippen LogP) is 5.10. The molecule has 1 aliphatic rings. The van der Waals surface area contributed by atoms with Crippen molar-refractivity contribution in [1.82, 2.24) is 9.47 Å². The number of amides is 1. The topological polar surface area (TPSA) is 75.0 Å². The zero-order valence-electron chi connectivity index (χ0n) is 20.3. The number of ketones is 1. The third-order valence-electron chi connectivity index (χ3n) is 6.05. The van der Waals surface area contributed by atoms with E-state index in [1.54, 1.807) is 24.3 Å². The Morgan fingerprint density at radius 1 is 1.09 bits per heavy atom. The summed E-state index contributed by atoms with van der Waals surface area (Å²) in [6.07, 6.45) is -0.997. The smallest absolute Gasteiger partial charge is 0.411 e. The molecule has 182 valence electrons. The SMILES string of the molecule is Cc1cc2cc(C(=O)c3ccc(N(CC(C)(C)C)C(=O)O)cc3)sc2n1CCN1CCOCC1. The summed E-state index contributed by atoms with van der Waals surface area (Å²) >= 11 is 1.52. The molecular formula is C26H33N3O4S. The van der Waals surface area contributed by atoms with Gasteiger partial charge in [-0.1, -0.05) is 20.8 Å². The summed E-state index contributed by atoms with van der Waals surface area (Å²) in [5, 5.41) is 10.7. The van der Waals surface area contributed by atoms with Crippen molar-refractivity contribution in [1.29, 1.82) is 0 Å². The van der Waals surface area contributed by atoms with E-state index in [4.69, 9.17) is 4.74 Å². The molecule has 1 fully saturated rings. The molecule has 0 spiro atoms. The molecule has 1 amide bonds. The second-order valence-corrected chi connectivity index (χ2v) is 11.1. The Morgan fingerprint density at radius 3 is 2.38 bits per heavy atom. The lowest BCUT2D eigenvalue weighted by Crippen LogP contribution is -2.38. The number of ether oxygens (including phenoxy) is 1. The van der Waals surface area contributed by atoms with Gasteiger partial charge in [0, 0.05) is 55.1 Å². The third-order valence-corrected chi connectivity index (χ3v) is 7.22. The highest BCUT2D eigenvalue weighted by molar-refractivity contribution is 7.20. The number of benzene rings is 1. The van der Waals surface area contributed by atoms with Gasteiger partial charge in [0.2, 0.25) is 5.78 Å². The van der Waals surface area contributed by atoms with Crippen LogP contribution in [0.3, 0.4) is 0 Å². The first-order chi connectivity index (χ1) is 16.1. The fourth-order valence-corrected chi connectivity index (χ4v) is 5.49. The van der Waals surface area contributed by atoms with Gasteiger partial charge < -0.3 is 14.4 Å². The van der Waals surface area contributed by atoms with E-state index in [0.717, 1.165) is 49.6 Å². The number of carbonyl (C=O) groups is 2. The Hall–Kier alpha value is -2.68. The van der Waals surface area contributed by atoms with Crippen LogP contribution in [0.4, 0.5) is 10.5 Å². The maximum atomic E-state index is 13.2. The molecule has 7 nitrogen and oxygen atoms in total. The number of thiophene rings is 1. The Labute approximate surface area is 204 Å². The minimum atomic E-state index is -0.997. The molecule has 2 aromatic heterocycles. The fraction of sp³-hybridized carbons (Fsp3) is 0.462. The van der Waals surface area contributed by atoms with Crippen molar-refractivity contribution in [2.45, 2.75) is 34.2 Å². The van der Waals surface area contributed by atoms with Crippen LogP contribution in [0, 0.1) is 12.3 Å². The third kappa shape index (κ3) is 5.51. The predicted molar refractivity (Wildman–Crippen MR) is 137 cm³/mol. The summed E-state index contributed by atoms with van der Waals surface area (Å²) in [6.45, 7) is 13.8. The van der Waals surface area contributed by atoms with E-state index in [2.05, 4.69) is 22.5 Å². The molecule has 0 aliphatic carbocycles. The van der Waals surface area contributed by atoms with Gasteiger partial charge in [0.15, 0.2) is 0 Å². The molecule has 0 atom stereocenters. The monoisotopic (exact) mass is 483 g/mol. The van der Waals surface area contributed by atoms with Gasteiger partial charge in [-0.3, -0.25) is 14.6 Å². The summed E-state index contributed by atoms with van der Waals surface area (Å²) in [4.78, 5) is 30.5. The normalized spacial score (nSPS) is 15.1. The lowest BCUT2D eigenvalue weighted by molar-refractivity contribution is 0.0365. The number of carbonyl (C=O) groups excluding carboxylic acids is 1. The fourth-order valence-electron chi connectivity index (χ4n) is 4.31. The van der Waals surface area contributed by atoms with Gasteiger partial charge in [-0.25, -0.2) is 4.79 Å². The molecule has 3 aromatic rings. The average Bonchev–Trinajstić information content (AvgIpc) is 3.33. The first-order valence-corrected chi connectivity index (χ1v) is 12.5. The number of rotatable bonds is 7. The van der Waals surface area contributed by atoms with E-state index in [1.807, 2.05) is 26.8 Å². The number of fused-ring (bicyclic) bond motifs is 1. The van der Waals surface area contributed by atoms with E-state index in [1.165, 1.54) is 21.9 Å². The van der Waals surface area contributed by atoms with Gasteiger partial charge in [0.1, 0.15) is 4.83 Å². The molecule has 0 unspecified atom stereocenters. The van der Waals surface area contributed by atoms with E-state index < -0.39 is 6.09 Å². The first kappa shape index (κ1) is 24.4. The highest BCUT2D eigenvalue weighted by Gasteiger charge is 2.23. The van der Waals surface area contributed by atoms with Gasteiger partial charge in [-0.2, -0.15) is 0 Å². The molecule has 0 saturated carbocycles. The minimum Gasteiger partial charge on any atom is -0.465 e. The van der Waals surface area contributed by atoms with Crippen LogP contribution >= 0.6 is 11.3 Å². The second kappa shape index (κ2) is 9.90. The van der Waals surface area contributed by atoms with Gasteiger partial charge in [-0.15, -0.1) is 11.3 Å². The number of hydrogen-bond acceptors (Lipinski definition) is 5. The minimum absolute atomic E-state index is 0.0390. The van der Waals surface area contributed by atoms with Gasteiger partial charge in [-0.05, 0) is 48.7 Å². The Morgan fingerprint density at radius 2 is 1.76 bits per heavy atom. The van der Waals surface area contributed by atoms with Crippen molar-refractivity contribution in [3.05, 3.63) is 52.5 Å². The standard InChI is InChI=1S/C26H33N3O4S/c1-18-15-20-16-22(34-24(20)28(18)10-9-27-11-13-33-14-12-27)23(30)19-5-7-21(8-6-19)29(25(31)32)17-26(2,3)4/h5-8,15-16H,9-14,17H2,1-4H3,(H,31,32). The summed E-state index contributed by atoms with van der Waals surface area (Å²) in [7, 11) is 0. The van der Waals surface area contributed by atoms with Crippen molar-refractivity contribution in [2.24, 2.45) is 5.41 Å². The largest absolute Gasteiger partial charge is 0.465 e. The zero-order chi connectivity index (χ0) is 24.5. The summed E-state index contributed by atoms with van der Waals surface area (Å²) in [5.74, 6) is -0.0390. The van der Waals surface area contributed by atoms with Gasteiger partial charge >= 0.3 is 6.09 Å². The molecule has 1 aliphatic heterocycles. The molecule has 34 heavy (non-hydrogen) atoms. The molecule has 0 bridgehead atoms. The molecular weight excluding hydrogens is 450 g/mol. The van der Waals surface area contributed by atoms with Crippen LogP contribution in [0.15, 0.2) is 36.4 Å². The highest BCUT2D eigenvalue weighted by atomic mass is 32.1. The number of morpholine rings is 1. The van der Waals surface area contributed by atoms with Crippen molar-refractivity contribution in [3.8, 4) is 0 Å². The van der Waals surface area contributed by atoms with Crippen molar-refractivity contribution >= 4 is 39.1 Å². The van der Waals surface area contributed by atoms with E-state index in [9.17, 15) is 14.7 Å². The van der Waals surface area contributed by atoms with E-state index in [0.29, 0.717) is 22.7 Å². The maximum absolute atomic E-state index is 13.2. The molecule has 8 heteroatoms. The lowest BCUT2D eigenvalue weighted by atomic mass is 9.96. The van der Waals surface area contributed by atoms with E-state index in [-0.39, 0.29) is 11.2 Å². The zero-order valence-corrected chi connectivity index (χ0v) is 21.2. The average molecular weight is 484 g/mol. The Balaban J connectivity index is 1.51. The van der Waals surface area contributed by atoms with Crippen molar-refractivity contribution in [2.75, 3.05) is 44.3 Å². The van der Waals surface area contributed by atoms with Gasteiger partial charge in [0.25, 0.3) is 0 Å². The van der Waals surface area contributed by atoms with Crippen LogP contribution in [0.25, 0.3) is 10.2 Å². The first-order valence-electron chi connectivity index (χ1n) is 11.7. The molecule has 1 saturated heterocycles. The van der Waals surface area contributed by atoms with Crippen LogP contribution in [0.5, 0.6) is 0 Å². The van der Waals surface area contributed by atoms with Gasteiger partial charge in [0.05, 0.1) is 18.1 Å². The van der Waals surface area contributed by atoms with Crippen molar-refractivity contribution in [3.63, 3.8) is 0 Å². The molecule has 0 radical (unpaired) electrons. The molecule has 3 heterocycles. The van der Waals surface area contributed by atoms with Crippen LogP contribution in [0.1, 0.15) is 41.7 Å². The quantitative estimate of drug-likeness (QED) is 0.473. The van der Waals surface area contributed by atoms with Crippen molar-refractivity contribution < 1.29 is 19.4 Å². The van der Waals surface area contributed by atoms with Crippen LogP contribution in [0.2, 0.25) is 0 Å². The lowest BCUT2D eigenvalue weighted by Gasteiger charge is -2.27. The summed E-state index contributed by atoms with van der Waals surface area (Å²) < 4.78 is 7.74. The molecule has 1 N–H and O–H groups in total.